The molecule has 0 aliphatic carbocycles. The molecule has 1 heterocycles. The first-order chi connectivity index (χ1) is 16.4. The lowest BCUT2D eigenvalue weighted by atomic mass is 10.2. The summed E-state index contributed by atoms with van der Waals surface area (Å²) in [6, 6.07) is 12.8. The van der Waals surface area contributed by atoms with Crippen molar-refractivity contribution in [2.24, 2.45) is 0 Å². The van der Waals surface area contributed by atoms with Crippen LogP contribution in [0.2, 0.25) is 0 Å². The van der Waals surface area contributed by atoms with Crippen LogP contribution in [0.5, 0.6) is 5.75 Å². The minimum atomic E-state index is -3.72. The number of amides is 2. The molecule has 2 aromatic carbocycles. The molecule has 1 aliphatic rings. The molecule has 0 atom stereocenters. The summed E-state index contributed by atoms with van der Waals surface area (Å²) in [6.07, 6.45) is -0.0334. The largest absolute Gasteiger partial charge is 0.494 e. The van der Waals surface area contributed by atoms with Gasteiger partial charge in [-0.1, -0.05) is 0 Å². The van der Waals surface area contributed by atoms with Crippen LogP contribution in [-0.2, 0) is 24.3 Å². The second kappa shape index (κ2) is 12.5. The lowest BCUT2D eigenvalue weighted by molar-refractivity contribution is -0.118. The summed E-state index contributed by atoms with van der Waals surface area (Å²) in [6.45, 7) is 5.31. The highest BCUT2D eigenvalue weighted by Crippen LogP contribution is 2.16. The number of benzene rings is 2. The Morgan fingerprint density at radius 2 is 1.53 bits per heavy atom. The van der Waals surface area contributed by atoms with Crippen LogP contribution >= 0.6 is 0 Å². The summed E-state index contributed by atoms with van der Waals surface area (Å²) in [4.78, 5) is 26.5. The second-order valence-corrected chi connectivity index (χ2v) is 9.38. The first-order valence-corrected chi connectivity index (χ1v) is 12.6. The minimum absolute atomic E-state index is 0.0334. The first-order valence-electron chi connectivity index (χ1n) is 11.1. The Morgan fingerprint density at radius 3 is 2.12 bits per heavy atom. The van der Waals surface area contributed by atoms with Gasteiger partial charge in [0.05, 0.1) is 31.3 Å². The normalized spacial score (nSPS) is 14.4. The Balaban J connectivity index is 1.40. The van der Waals surface area contributed by atoms with Crippen molar-refractivity contribution in [1.29, 1.82) is 0 Å². The third-order valence-electron chi connectivity index (χ3n) is 5.01. The van der Waals surface area contributed by atoms with Crippen LogP contribution in [0.3, 0.4) is 0 Å². The average Bonchev–Trinajstić information content (AvgIpc) is 2.81. The molecule has 0 aromatic heterocycles. The number of hydrogen-bond donors (Lipinski definition) is 3. The third-order valence-corrected chi connectivity index (χ3v) is 6.49. The first kappa shape index (κ1) is 25.6. The summed E-state index contributed by atoms with van der Waals surface area (Å²) < 4.78 is 37.7. The second-order valence-electron chi connectivity index (χ2n) is 7.61. The molecule has 3 rings (SSSR count). The lowest BCUT2D eigenvalue weighted by Gasteiger charge is -2.25. The van der Waals surface area contributed by atoms with Crippen molar-refractivity contribution in [3.8, 4) is 5.75 Å². The van der Waals surface area contributed by atoms with Gasteiger partial charge in [0.2, 0.25) is 21.8 Å². The van der Waals surface area contributed by atoms with Gasteiger partial charge in [0.1, 0.15) is 5.75 Å². The fourth-order valence-electron chi connectivity index (χ4n) is 3.29. The van der Waals surface area contributed by atoms with Gasteiger partial charge in [0.15, 0.2) is 0 Å². The number of nitrogens with one attached hydrogen (secondary N) is 3. The van der Waals surface area contributed by atoms with Gasteiger partial charge in [-0.3, -0.25) is 14.5 Å². The van der Waals surface area contributed by atoms with Crippen molar-refractivity contribution in [3.63, 3.8) is 0 Å². The molecular formula is C23H30N4O6S. The maximum absolute atomic E-state index is 12.4. The van der Waals surface area contributed by atoms with Gasteiger partial charge in [-0.25, -0.2) is 13.1 Å². The molecule has 1 saturated heterocycles. The molecule has 184 valence electrons. The van der Waals surface area contributed by atoms with Crippen LogP contribution in [0.4, 0.5) is 11.4 Å². The summed E-state index contributed by atoms with van der Waals surface area (Å²) in [5.74, 6) is 0.139. The Hall–Kier alpha value is -2.99. The van der Waals surface area contributed by atoms with Gasteiger partial charge in [-0.15, -0.1) is 0 Å². The summed E-state index contributed by atoms with van der Waals surface area (Å²) in [5, 5.41) is 5.54. The predicted octanol–water partition coefficient (Wildman–Crippen LogP) is 1.66. The number of carbonyl (C=O) groups is 2. The maximum Gasteiger partial charge on any atom is 0.240 e. The molecule has 0 radical (unpaired) electrons. The molecule has 34 heavy (non-hydrogen) atoms. The van der Waals surface area contributed by atoms with Crippen molar-refractivity contribution in [3.05, 3.63) is 48.5 Å². The van der Waals surface area contributed by atoms with E-state index in [4.69, 9.17) is 9.47 Å². The van der Waals surface area contributed by atoms with E-state index in [9.17, 15) is 18.0 Å². The molecule has 2 aromatic rings. The van der Waals surface area contributed by atoms with Crippen molar-refractivity contribution in [2.75, 3.05) is 56.6 Å². The van der Waals surface area contributed by atoms with Crippen LogP contribution in [0.1, 0.15) is 13.3 Å². The van der Waals surface area contributed by atoms with Crippen molar-refractivity contribution in [2.45, 2.75) is 18.2 Å². The summed E-state index contributed by atoms with van der Waals surface area (Å²) >= 11 is 0. The number of rotatable bonds is 11. The van der Waals surface area contributed by atoms with Crippen LogP contribution in [0, 0.1) is 0 Å². The number of anilines is 2. The van der Waals surface area contributed by atoms with Crippen LogP contribution in [0.15, 0.2) is 53.4 Å². The zero-order chi connectivity index (χ0) is 24.4. The van der Waals surface area contributed by atoms with E-state index in [-0.39, 0.29) is 29.7 Å². The topological polar surface area (TPSA) is 126 Å². The molecule has 1 fully saturated rings. The Bertz CT molecular complexity index is 1050. The number of nitrogens with zero attached hydrogens (tertiary/aromatic N) is 1. The SMILES string of the molecule is CCOc1ccc(S(=O)(=O)NCCC(=O)Nc2ccc(NC(=O)CN3CCOCC3)cc2)cc1. The quantitative estimate of drug-likeness (QED) is 0.437. The van der Waals surface area contributed by atoms with Crippen molar-refractivity contribution >= 4 is 33.2 Å². The lowest BCUT2D eigenvalue weighted by Crippen LogP contribution is -2.41. The van der Waals surface area contributed by atoms with Crippen LogP contribution in [-0.4, -0.2) is 71.1 Å². The highest BCUT2D eigenvalue weighted by atomic mass is 32.2. The summed E-state index contributed by atoms with van der Waals surface area (Å²) in [7, 11) is -3.72. The van der Waals surface area contributed by atoms with E-state index < -0.39 is 10.0 Å². The van der Waals surface area contributed by atoms with E-state index in [0.29, 0.717) is 43.5 Å². The zero-order valence-electron chi connectivity index (χ0n) is 19.1. The van der Waals surface area contributed by atoms with Gasteiger partial charge < -0.3 is 20.1 Å². The molecule has 0 spiro atoms. The molecule has 0 unspecified atom stereocenters. The molecule has 0 bridgehead atoms. The van der Waals surface area contributed by atoms with Gasteiger partial charge in [-0.05, 0) is 55.5 Å². The van der Waals surface area contributed by atoms with Crippen LogP contribution < -0.4 is 20.1 Å². The van der Waals surface area contributed by atoms with E-state index in [1.165, 1.54) is 12.1 Å². The molecule has 2 amide bonds. The number of carbonyl (C=O) groups excluding carboxylic acids is 2. The van der Waals surface area contributed by atoms with Gasteiger partial charge >= 0.3 is 0 Å². The fourth-order valence-corrected chi connectivity index (χ4v) is 4.32. The molecule has 3 N–H and O–H groups in total. The fraction of sp³-hybridized carbons (Fsp3) is 0.391. The van der Waals surface area contributed by atoms with Gasteiger partial charge in [-0.2, -0.15) is 0 Å². The highest BCUT2D eigenvalue weighted by molar-refractivity contribution is 7.89. The monoisotopic (exact) mass is 490 g/mol. The van der Waals surface area contributed by atoms with E-state index in [2.05, 4.69) is 15.4 Å². The smallest absolute Gasteiger partial charge is 0.240 e. The van der Waals surface area contributed by atoms with E-state index >= 15 is 0 Å². The number of sulfonamides is 1. The number of morpholine rings is 1. The summed E-state index contributed by atoms with van der Waals surface area (Å²) in [5.41, 5.74) is 1.17. The van der Waals surface area contributed by atoms with E-state index in [1.54, 1.807) is 36.4 Å². The zero-order valence-corrected chi connectivity index (χ0v) is 19.9. The Morgan fingerprint density at radius 1 is 0.941 bits per heavy atom. The Kier molecular flexibility index (Phi) is 9.40. The molecule has 10 nitrogen and oxygen atoms in total. The predicted molar refractivity (Wildman–Crippen MR) is 128 cm³/mol. The maximum atomic E-state index is 12.4. The molecular weight excluding hydrogens is 460 g/mol. The van der Waals surface area contributed by atoms with Crippen LogP contribution in [0.25, 0.3) is 0 Å². The van der Waals surface area contributed by atoms with Gasteiger partial charge in [0.25, 0.3) is 0 Å². The molecule has 11 heteroatoms. The highest BCUT2D eigenvalue weighted by Gasteiger charge is 2.15. The standard InChI is InChI=1S/C23H30N4O6S/c1-2-33-20-7-9-21(10-8-20)34(30,31)24-12-11-22(28)25-18-3-5-19(6-4-18)26-23(29)17-27-13-15-32-16-14-27/h3-10,24H,2,11-17H2,1H3,(H,25,28)(H,26,29). The number of hydrogen-bond acceptors (Lipinski definition) is 7. The van der Waals surface area contributed by atoms with Gasteiger partial charge in [0, 0.05) is 37.4 Å². The molecule has 1 aliphatic heterocycles. The van der Waals surface area contributed by atoms with Crippen molar-refractivity contribution in [1.82, 2.24) is 9.62 Å². The number of ether oxygens (including phenoxy) is 2. The molecule has 0 saturated carbocycles. The van der Waals surface area contributed by atoms with E-state index in [1.807, 2.05) is 11.8 Å². The minimum Gasteiger partial charge on any atom is -0.494 e. The average molecular weight is 491 g/mol. The van der Waals surface area contributed by atoms with E-state index in [0.717, 1.165) is 13.1 Å². The third kappa shape index (κ3) is 8.10. The van der Waals surface area contributed by atoms with Crippen molar-refractivity contribution < 1.29 is 27.5 Å². The Labute approximate surface area is 199 Å².